The minimum Gasteiger partial charge on any atom is -0.312 e. The topological polar surface area (TPSA) is 12.0 Å². The molecular weight excluding hydrogens is 134 g/mol. The lowest BCUT2D eigenvalue weighted by atomic mass is 9.89. The Labute approximate surface area is 70.6 Å². The molecule has 1 aliphatic carbocycles. The Kier molecular flexibility index (Phi) is 4.60. The van der Waals surface area contributed by atoms with Gasteiger partial charge < -0.3 is 5.32 Å². The number of hydrogen-bond donors (Lipinski definition) is 1. The van der Waals surface area contributed by atoms with E-state index in [0.29, 0.717) is 0 Å². The van der Waals surface area contributed by atoms with Crippen LogP contribution in [0.2, 0.25) is 0 Å². The van der Waals surface area contributed by atoms with E-state index in [1.807, 2.05) is 0 Å². The molecule has 11 heavy (non-hydrogen) atoms. The molecule has 1 radical (unpaired) electrons. The van der Waals surface area contributed by atoms with Crippen LogP contribution in [0.4, 0.5) is 0 Å². The lowest BCUT2D eigenvalue weighted by Gasteiger charge is -2.21. The monoisotopic (exact) mass is 154 g/mol. The van der Waals surface area contributed by atoms with Crippen LogP contribution in [0.1, 0.15) is 45.4 Å². The molecule has 65 valence electrons. The van der Waals surface area contributed by atoms with Crippen molar-refractivity contribution in [3.8, 4) is 0 Å². The molecule has 0 heterocycles. The summed E-state index contributed by atoms with van der Waals surface area (Å²) in [6.07, 6.45) is 8.42. The molecule has 1 nitrogen and oxygen atoms in total. The van der Waals surface area contributed by atoms with E-state index in [9.17, 15) is 0 Å². The summed E-state index contributed by atoms with van der Waals surface area (Å²) in [6.45, 7) is 5.57. The largest absolute Gasteiger partial charge is 0.312 e. The summed E-state index contributed by atoms with van der Waals surface area (Å²) in [7, 11) is 0. The highest BCUT2D eigenvalue weighted by Gasteiger charge is 2.11. The molecule has 1 fully saturated rings. The Hall–Kier alpha value is -0.0400. The molecule has 1 N–H and O–H groups in total. The fraction of sp³-hybridized carbons (Fsp3) is 0.900. The highest BCUT2D eigenvalue weighted by molar-refractivity contribution is 4.70. The first kappa shape index (κ1) is 9.05. The first-order valence-electron chi connectivity index (χ1n) is 4.98. The van der Waals surface area contributed by atoms with E-state index in [1.54, 1.807) is 0 Å². The fourth-order valence-corrected chi connectivity index (χ4v) is 1.79. The lowest BCUT2D eigenvalue weighted by Crippen LogP contribution is -2.22. The molecule has 1 saturated carbocycles. The van der Waals surface area contributed by atoms with Crippen molar-refractivity contribution in [3.05, 3.63) is 6.54 Å². The highest BCUT2D eigenvalue weighted by Crippen LogP contribution is 2.22. The molecule has 0 spiro atoms. The average Bonchev–Trinajstić information content (AvgIpc) is 2.07. The Balaban J connectivity index is 1.96. The highest BCUT2D eigenvalue weighted by atomic mass is 14.8. The summed E-state index contributed by atoms with van der Waals surface area (Å²) in [5, 5.41) is 3.38. The Bertz CT molecular complexity index is 84.9. The maximum Gasteiger partial charge on any atom is 0.0218 e. The average molecular weight is 154 g/mol. The number of hydrogen-bond acceptors (Lipinski definition) is 1. The van der Waals surface area contributed by atoms with Crippen LogP contribution in [-0.2, 0) is 0 Å². The van der Waals surface area contributed by atoms with Gasteiger partial charge in [0.2, 0.25) is 0 Å². The van der Waals surface area contributed by atoms with Crippen molar-refractivity contribution in [2.24, 2.45) is 5.92 Å². The van der Waals surface area contributed by atoms with E-state index >= 15 is 0 Å². The van der Waals surface area contributed by atoms with E-state index in [0.717, 1.165) is 12.3 Å². The summed E-state index contributed by atoms with van der Waals surface area (Å²) in [5.74, 6) is 0.964. The molecule has 1 rings (SSSR count). The van der Waals surface area contributed by atoms with Gasteiger partial charge in [0, 0.05) is 6.54 Å². The van der Waals surface area contributed by atoms with Crippen molar-refractivity contribution in [2.75, 3.05) is 6.54 Å². The SMILES string of the molecule is CC[CH]NCC1CCCCC1. The van der Waals surface area contributed by atoms with Gasteiger partial charge in [-0.25, -0.2) is 0 Å². The molecule has 0 atom stereocenters. The van der Waals surface area contributed by atoms with Crippen LogP contribution in [-0.4, -0.2) is 6.54 Å². The summed E-state index contributed by atoms with van der Waals surface area (Å²) in [6, 6.07) is 0. The Morgan fingerprint density at radius 2 is 2.00 bits per heavy atom. The van der Waals surface area contributed by atoms with Gasteiger partial charge in [-0.15, -0.1) is 0 Å². The van der Waals surface area contributed by atoms with Crippen LogP contribution in [0.3, 0.4) is 0 Å². The maximum absolute atomic E-state index is 3.38. The zero-order valence-corrected chi connectivity index (χ0v) is 7.60. The molecule has 1 heteroatoms. The normalized spacial score (nSPS) is 20.5. The summed E-state index contributed by atoms with van der Waals surface area (Å²) in [4.78, 5) is 0. The van der Waals surface area contributed by atoms with Crippen molar-refractivity contribution in [1.82, 2.24) is 5.32 Å². The minimum absolute atomic E-state index is 0.964. The van der Waals surface area contributed by atoms with Gasteiger partial charge in [-0.2, -0.15) is 0 Å². The molecule has 0 amide bonds. The number of nitrogens with one attached hydrogen (secondary N) is 1. The molecule has 0 aromatic heterocycles. The molecular formula is C10H20N. The van der Waals surface area contributed by atoms with Gasteiger partial charge in [-0.1, -0.05) is 26.2 Å². The van der Waals surface area contributed by atoms with E-state index in [-0.39, 0.29) is 0 Å². The third-order valence-corrected chi connectivity index (χ3v) is 2.48. The smallest absolute Gasteiger partial charge is 0.0218 e. The first-order valence-corrected chi connectivity index (χ1v) is 4.98. The third kappa shape index (κ3) is 3.76. The molecule has 0 saturated heterocycles. The Morgan fingerprint density at radius 3 is 2.64 bits per heavy atom. The Morgan fingerprint density at radius 1 is 1.27 bits per heavy atom. The molecule has 0 aromatic rings. The second-order valence-electron chi connectivity index (χ2n) is 3.52. The minimum atomic E-state index is 0.964. The molecule has 0 bridgehead atoms. The van der Waals surface area contributed by atoms with Gasteiger partial charge in [0.25, 0.3) is 0 Å². The van der Waals surface area contributed by atoms with Crippen molar-refractivity contribution < 1.29 is 0 Å². The summed E-state index contributed by atoms with van der Waals surface area (Å²) >= 11 is 0. The predicted octanol–water partition coefficient (Wildman–Crippen LogP) is 2.73. The molecule has 0 unspecified atom stereocenters. The second kappa shape index (κ2) is 5.59. The predicted molar refractivity (Wildman–Crippen MR) is 49.2 cm³/mol. The van der Waals surface area contributed by atoms with E-state index in [1.165, 1.54) is 38.6 Å². The van der Waals surface area contributed by atoms with Crippen LogP contribution in [0.5, 0.6) is 0 Å². The van der Waals surface area contributed by atoms with Crippen LogP contribution in [0, 0.1) is 12.5 Å². The van der Waals surface area contributed by atoms with E-state index < -0.39 is 0 Å². The molecule has 0 aliphatic heterocycles. The van der Waals surface area contributed by atoms with Crippen LogP contribution in [0.25, 0.3) is 0 Å². The van der Waals surface area contributed by atoms with E-state index in [4.69, 9.17) is 0 Å². The standard InChI is InChI=1S/C10H20N/c1-2-8-11-9-10-6-4-3-5-7-10/h8,10-11H,2-7,9H2,1H3. The van der Waals surface area contributed by atoms with Gasteiger partial charge in [-0.3, -0.25) is 0 Å². The molecule has 1 aliphatic rings. The molecule has 0 aromatic carbocycles. The van der Waals surface area contributed by atoms with Crippen molar-refractivity contribution >= 4 is 0 Å². The van der Waals surface area contributed by atoms with E-state index in [2.05, 4.69) is 18.8 Å². The zero-order valence-electron chi connectivity index (χ0n) is 7.60. The third-order valence-electron chi connectivity index (χ3n) is 2.48. The van der Waals surface area contributed by atoms with Gasteiger partial charge >= 0.3 is 0 Å². The van der Waals surface area contributed by atoms with Gasteiger partial charge in [-0.05, 0) is 31.7 Å². The summed E-state index contributed by atoms with van der Waals surface area (Å²) < 4.78 is 0. The van der Waals surface area contributed by atoms with Gasteiger partial charge in [0.05, 0.1) is 0 Å². The number of rotatable bonds is 4. The van der Waals surface area contributed by atoms with Crippen LogP contribution < -0.4 is 5.32 Å². The quantitative estimate of drug-likeness (QED) is 0.614. The fourth-order valence-electron chi connectivity index (χ4n) is 1.79. The lowest BCUT2D eigenvalue weighted by molar-refractivity contribution is 0.349. The van der Waals surface area contributed by atoms with Gasteiger partial charge in [0.1, 0.15) is 0 Å². The zero-order chi connectivity index (χ0) is 7.94. The van der Waals surface area contributed by atoms with Gasteiger partial charge in [0.15, 0.2) is 0 Å². The van der Waals surface area contributed by atoms with Crippen molar-refractivity contribution in [3.63, 3.8) is 0 Å². The maximum atomic E-state index is 3.38. The second-order valence-corrected chi connectivity index (χ2v) is 3.52. The first-order chi connectivity index (χ1) is 5.43. The van der Waals surface area contributed by atoms with Crippen molar-refractivity contribution in [2.45, 2.75) is 45.4 Å². The van der Waals surface area contributed by atoms with Crippen LogP contribution >= 0.6 is 0 Å². The van der Waals surface area contributed by atoms with Crippen LogP contribution in [0.15, 0.2) is 0 Å². The summed E-state index contributed by atoms with van der Waals surface area (Å²) in [5.41, 5.74) is 0. The van der Waals surface area contributed by atoms with Crippen molar-refractivity contribution in [1.29, 1.82) is 0 Å².